The van der Waals surface area contributed by atoms with Crippen molar-refractivity contribution in [3.63, 3.8) is 0 Å². The molecule has 6 nitrogen and oxygen atoms in total. The summed E-state index contributed by atoms with van der Waals surface area (Å²) in [5.41, 5.74) is 2.05. The number of aromatic nitrogens is 3. The average Bonchev–Trinajstić information content (AvgIpc) is 3.16. The van der Waals surface area contributed by atoms with E-state index < -0.39 is 6.61 Å². The molecule has 0 unspecified atom stereocenters. The van der Waals surface area contributed by atoms with Crippen molar-refractivity contribution in [3.8, 4) is 11.5 Å². The molecule has 2 heterocycles. The summed E-state index contributed by atoms with van der Waals surface area (Å²) in [7, 11) is 1.63. The van der Waals surface area contributed by atoms with Crippen LogP contribution in [-0.4, -0.2) is 28.5 Å². The number of halogens is 2. The predicted octanol–water partition coefficient (Wildman–Crippen LogP) is 4.03. The van der Waals surface area contributed by atoms with Crippen LogP contribution in [0, 0.1) is 0 Å². The molecule has 1 aliphatic heterocycles. The number of ether oxygens (including phenoxy) is 2. The van der Waals surface area contributed by atoms with E-state index in [9.17, 15) is 8.78 Å². The fraction of sp³-hybridized carbons (Fsp3) is 0.263. The van der Waals surface area contributed by atoms with Crippen molar-refractivity contribution in [1.29, 1.82) is 0 Å². The Labute approximate surface area is 154 Å². The van der Waals surface area contributed by atoms with Gasteiger partial charge in [0.05, 0.1) is 19.2 Å². The van der Waals surface area contributed by atoms with Crippen molar-refractivity contribution in [3.05, 3.63) is 66.0 Å². The molecule has 2 atom stereocenters. The number of methoxy groups -OCH3 is 1. The molecule has 1 aromatic heterocycles. The number of hydrogen-bond acceptors (Lipinski definition) is 5. The highest BCUT2D eigenvalue weighted by Gasteiger charge is 2.30. The van der Waals surface area contributed by atoms with E-state index in [4.69, 9.17) is 4.74 Å². The van der Waals surface area contributed by atoms with E-state index in [2.05, 4.69) is 20.1 Å². The van der Waals surface area contributed by atoms with Crippen LogP contribution in [0.4, 0.5) is 14.7 Å². The maximum absolute atomic E-state index is 12.4. The molecular formula is C19H18F2N4O2. The summed E-state index contributed by atoms with van der Waals surface area (Å²) in [6.07, 6.45) is 2.23. The van der Waals surface area contributed by atoms with Crippen LogP contribution in [0.25, 0.3) is 0 Å². The zero-order chi connectivity index (χ0) is 18.8. The summed E-state index contributed by atoms with van der Waals surface area (Å²) >= 11 is 0. The molecule has 0 amide bonds. The van der Waals surface area contributed by atoms with Crippen molar-refractivity contribution in [1.82, 2.24) is 14.8 Å². The second-order valence-electron chi connectivity index (χ2n) is 6.20. The van der Waals surface area contributed by atoms with E-state index in [0.717, 1.165) is 23.3 Å². The first-order chi connectivity index (χ1) is 13.1. The van der Waals surface area contributed by atoms with E-state index in [0.29, 0.717) is 5.95 Å². The number of rotatable bonds is 5. The lowest BCUT2D eigenvalue weighted by Gasteiger charge is -2.32. The van der Waals surface area contributed by atoms with Crippen molar-refractivity contribution < 1.29 is 18.3 Å². The van der Waals surface area contributed by atoms with Gasteiger partial charge >= 0.3 is 6.61 Å². The summed E-state index contributed by atoms with van der Waals surface area (Å²) in [6.45, 7) is -2.84. The average molecular weight is 372 g/mol. The van der Waals surface area contributed by atoms with Crippen LogP contribution in [0.2, 0.25) is 0 Å². The normalized spacial score (nSPS) is 18.7. The molecule has 1 N–H and O–H groups in total. The van der Waals surface area contributed by atoms with Crippen molar-refractivity contribution in [2.75, 3.05) is 12.4 Å². The van der Waals surface area contributed by atoms with Crippen molar-refractivity contribution >= 4 is 5.95 Å². The first kappa shape index (κ1) is 17.3. The number of alkyl halides is 2. The van der Waals surface area contributed by atoms with Gasteiger partial charge in [0.15, 0.2) is 0 Å². The van der Waals surface area contributed by atoms with E-state index in [1.165, 1.54) is 6.33 Å². The van der Waals surface area contributed by atoms with Crippen LogP contribution in [0.5, 0.6) is 11.5 Å². The van der Waals surface area contributed by atoms with Crippen LogP contribution in [-0.2, 0) is 0 Å². The lowest BCUT2D eigenvalue weighted by molar-refractivity contribution is -0.0498. The van der Waals surface area contributed by atoms with Gasteiger partial charge in [0, 0.05) is 0 Å². The number of hydrogen-bond donors (Lipinski definition) is 1. The number of fused-ring (bicyclic) bond motifs is 1. The monoisotopic (exact) mass is 372 g/mol. The summed E-state index contributed by atoms with van der Waals surface area (Å²) < 4.78 is 36.2. The van der Waals surface area contributed by atoms with Crippen molar-refractivity contribution in [2.24, 2.45) is 0 Å². The fourth-order valence-corrected chi connectivity index (χ4v) is 3.32. The van der Waals surface area contributed by atoms with Gasteiger partial charge in [0.2, 0.25) is 5.95 Å². The van der Waals surface area contributed by atoms with Gasteiger partial charge in [-0.1, -0.05) is 24.3 Å². The third-order valence-corrected chi connectivity index (χ3v) is 4.64. The van der Waals surface area contributed by atoms with Gasteiger partial charge in [-0.05, 0) is 41.8 Å². The molecule has 1 aliphatic rings. The maximum atomic E-state index is 12.4. The Hall–Kier alpha value is -3.16. The van der Waals surface area contributed by atoms with Gasteiger partial charge in [-0.25, -0.2) is 4.68 Å². The molecule has 0 radical (unpaired) electrons. The minimum atomic E-state index is -2.84. The molecule has 0 aliphatic carbocycles. The molecule has 0 saturated carbocycles. The second kappa shape index (κ2) is 7.22. The minimum absolute atomic E-state index is 0.0367. The molecule has 3 aromatic rings. The van der Waals surface area contributed by atoms with E-state index in [1.807, 2.05) is 28.9 Å². The largest absolute Gasteiger partial charge is 0.497 e. The zero-order valence-electron chi connectivity index (χ0n) is 14.5. The quantitative estimate of drug-likeness (QED) is 0.733. The molecule has 0 saturated heterocycles. The highest BCUT2D eigenvalue weighted by molar-refractivity contribution is 5.40. The summed E-state index contributed by atoms with van der Waals surface area (Å²) in [5.74, 6) is 1.59. The van der Waals surface area contributed by atoms with Crippen LogP contribution in [0.3, 0.4) is 0 Å². The van der Waals surface area contributed by atoms with Gasteiger partial charge < -0.3 is 14.8 Å². The maximum Gasteiger partial charge on any atom is 0.387 e. The Morgan fingerprint density at radius 1 is 1.04 bits per heavy atom. The van der Waals surface area contributed by atoms with Gasteiger partial charge in [-0.2, -0.15) is 18.9 Å². The Bertz CT molecular complexity index is 897. The smallest absolute Gasteiger partial charge is 0.387 e. The number of benzene rings is 2. The summed E-state index contributed by atoms with van der Waals surface area (Å²) in [5, 5.41) is 7.71. The molecule has 0 fully saturated rings. The van der Waals surface area contributed by atoms with Crippen LogP contribution in [0.15, 0.2) is 54.9 Å². The molecule has 27 heavy (non-hydrogen) atoms. The topological polar surface area (TPSA) is 61.2 Å². The molecule has 0 spiro atoms. The number of anilines is 1. The van der Waals surface area contributed by atoms with Crippen molar-refractivity contribution in [2.45, 2.75) is 25.1 Å². The molecule has 140 valence electrons. The minimum Gasteiger partial charge on any atom is -0.497 e. The second-order valence-corrected chi connectivity index (χ2v) is 6.20. The molecule has 2 aromatic carbocycles. The zero-order valence-corrected chi connectivity index (χ0v) is 14.5. The van der Waals surface area contributed by atoms with E-state index in [1.54, 1.807) is 31.4 Å². The highest BCUT2D eigenvalue weighted by Crippen LogP contribution is 2.38. The number of nitrogens with zero attached hydrogens (tertiary/aromatic N) is 3. The van der Waals surface area contributed by atoms with Gasteiger partial charge in [0.1, 0.15) is 17.8 Å². The molecular weight excluding hydrogens is 354 g/mol. The lowest BCUT2D eigenvalue weighted by Crippen LogP contribution is -2.28. The Kier molecular flexibility index (Phi) is 4.62. The molecule has 0 bridgehead atoms. The Balaban J connectivity index is 1.61. The van der Waals surface area contributed by atoms with Gasteiger partial charge in [-0.15, -0.1) is 0 Å². The SMILES string of the molecule is COc1ccc([C@@H]2C[C@H](c3ccc(OC(F)F)cc3)n3ncnc3N2)cc1. The first-order valence-corrected chi connectivity index (χ1v) is 8.49. The lowest BCUT2D eigenvalue weighted by atomic mass is 9.93. The van der Waals surface area contributed by atoms with Gasteiger partial charge in [-0.3, -0.25) is 0 Å². The van der Waals surface area contributed by atoms with E-state index >= 15 is 0 Å². The number of nitrogens with one attached hydrogen (secondary N) is 1. The van der Waals surface area contributed by atoms with Crippen LogP contribution >= 0.6 is 0 Å². The highest BCUT2D eigenvalue weighted by atomic mass is 19.3. The first-order valence-electron chi connectivity index (χ1n) is 8.49. The third-order valence-electron chi connectivity index (χ3n) is 4.64. The third kappa shape index (κ3) is 3.55. The van der Waals surface area contributed by atoms with Crippen LogP contribution < -0.4 is 14.8 Å². The predicted molar refractivity (Wildman–Crippen MR) is 95.2 cm³/mol. The standard InChI is InChI=1S/C19H18F2N4O2/c1-26-14-6-2-12(3-7-14)16-10-17(25-19(24-16)22-11-23-25)13-4-8-15(9-5-13)27-18(20)21/h2-9,11,16-18H,10H2,1H3,(H,22,23,24)/t16-,17+/m0/s1. The summed E-state index contributed by atoms with van der Waals surface area (Å²) in [4.78, 5) is 4.29. The Morgan fingerprint density at radius 3 is 2.37 bits per heavy atom. The van der Waals surface area contributed by atoms with Gasteiger partial charge in [0.25, 0.3) is 0 Å². The fourth-order valence-electron chi connectivity index (χ4n) is 3.32. The molecule has 4 rings (SSSR count). The summed E-state index contributed by atoms with van der Waals surface area (Å²) in [6, 6.07) is 14.5. The van der Waals surface area contributed by atoms with E-state index in [-0.39, 0.29) is 17.8 Å². The van der Waals surface area contributed by atoms with Crippen LogP contribution in [0.1, 0.15) is 29.6 Å². The molecule has 8 heteroatoms. The Morgan fingerprint density at radius 2 is 1.70 bits per heavy atom.